The number of nitrogens with one attached hydrogen (secondary N) is 2. The van der Waals surface area contributed by atoms with Crippen LogP contribution in [-0.2, 0) is 4.79 Å². The average molecular weight is 296 g/mol. The highest BCUT2D eigenvalue weighted by atomic mass is 19.1. The molecule has 0 bridgehead atoms. The Morgan fingerprint density at radius 2 is 2.10 bits per heavy atom. The summed E-state index contributed by atoms with van der Waals surface area (Å²) in [5.41, 5.74) is -0.534. The van der Waals surface area contributed by atoms with Crippen molar-refractivity contribution in [2.24, 2.45) is 5.41 Å². The zero-order valence-corrected chi connectivity index (χ0v) is 12.5. The van der Waals surface area contributed by atoms with Crippen LogP contribution in [0.1, 0.15) is 44.7 Å². The highest BCUT2D eigenvalue weighted by Crippen LogP contribution is 2.32. The lowest BCUT2D eigenvalue weighted by molar-refractivity contribution is -0.131. The molecule has 2 unspecified atom stereocenters. The van der Waals surface area contributed by atoms with E-state index in [-0.39, 0.29) is 11.5 Å². The Bertz CT molecular complexity index is 493. The molecule has 0 aromatic heterocycles. The van der Waals surface area contributed by atoms with Gasteiger partial charge in [0.05, 0.1) is 11.5 Å². The molecule has 0 radical (unpaired) electrons. The molecule has 5 heteroatoms. The molecule has 1 saturated heterocycles. The molecule has 0 spiro atoms. The Labute approximate surface area is 124 Å². The molecule has 1 aromatic carbocycles. The maximum Gasteiger partial charge on any atom is 0.228 e. The summed E-state index contributed by atoms with van der Waals surface area (Å²) in [6.07, 6.45) is 2.44. The summed E-state index contributed by atoms with van der Waals surface area (Å²) in [6, 6.07) is 3.05. The molecule has 1 aliphatic rings. The van der Waals surface area contributed by atoms with E-state index in [4.69, 9.17) is 0 Å². The van der Waals surface area contributed by atoms with Crippen LogP contribution in [-0.4, -0.2) is 19.0 Å². The number of amides is 1. The van der Waals surface area contributed by atoms with Gasteiger partial charge in [0.1, 0.15) is 11.6 Å². The summed E-state index contributed by atoms with van der Waals surface area (Å²) in [5, 5.41) is 5.99. The predicted molar refractivity (Wildman–Crippen MR) is 77.7 cm³/mol. The Balaban J connectivity index is 2.15. The first-order chi connectivity index (χ1) is 10.00. The number of carbonyl (C=O) groups is 1. The molecule has 0 saturated carbocycles. The minimum absolute atomic E-state index is 0.0801. The maximum absolute atomic E-state index is 13.8. The van der Waals surface area contributed by atoms with Crippen LogP contribution in [0.4, 0.5) is 8.78 Å². The van der Waals surface area contributed by atoms with Gasteiger partial charge in [-0.2, -0.15) is 0 Å². The fourth-order valence-electron chi connectivity index (χ4n) is 3.09. The first-order valence-electron chi connectivity index (χ1n) is 7.46. The summed E-state index contributed by atoms with van der Waals surface area (Å²) < 4.78 is 27.5. The van der Waals surface area contributed by atoms with E-state index in [0.717, 1.165) is 25.8 Å². The van der Waals surface area contributed by atoms with Gasteiger partial charge in [-0.15, -0.1) is 0 Å². The predicted octanol–water partition coefficient (Wildman–Crippen LogP) is 2.92. The van der Waals surface area contributed by atoms with Crippen molar-refractivity contribution in [1.82, 2.24) is 10.6 Å². The van der Waals surface area contributed by atoms with Gasteiger partial charge in [0, 0.05) is 12.1 Å². The average Bonchev–Trinajstić information content (AvgIpc) is 2.89. The van der Waals surface area contributed by atoms with E-state index in [1.165, 1.54) is 18.2 Å². The molecule has 2 rings (SSSR count). The molecule has 1 fully saturated rings. The van der Waals surface area contributed by atoms with Gasteiger partial charge in [0.15, 0.2) is 0 Å². The molecule has 3 nitrogen and oxygen atoms in total. The minimum atomic E-state index is -0.687. The molecule has 2 N–H and O–H groups in total. The first kappa shape index (κ1) is 15.9. The Morgan fingerprint density at radius 3 is 2.62 bits per heavy atom. The number of carbonyl (C=O) groups excluding carboxylic acids is 1. The Morgan fingerprint density at radius 1 is 1.43 bits per heavy atom. The standard InChI is InChI=1S/C16H22F2N2O/c1-3-7-16(8-9-19-10-16)15(21)20-11(2)14-12(17)5-4-6-13(14)18/h4-6,11,19H,3,7-10H2,1-2H3,(H,20,21). The van der Waals surface area contributed by atoms with E-state index in [9.17, 15) is 13.6 Å². The van der Waals surface area contributed by atoms with Gasteiger partial charge in [0.2, 0.25) is 5.91 Å². The van der Waals surface area contributed by atoms with Crippen molar-refractivity contribution >= 4 is 5.91 Å². The van der Waals surface area contributed by atoms with Crippen LogP contribution < -0.4 is 10.6 Å². The van der Waals surface area contributed by atoms with Gasteiger partial charge < -0.3 is 10.6 Å². The summed E-state index contributed by atoms with van der Waals surface area (Å²) >= 11 is 0. The van der Waals surface area contributed by atoms with Crippen LogP contribution in [0.3, 0.4) is 0 Å². The van der Waals surface area contributed by atoms with Crippen LogP contribution in [0, 0.1) is 17.0 Å². The zero-order chi connectivity index (χ0) is 15.5. The largest absolute Gasteiger partial charge is 0.349 e. The van der Waals surface area contributed by atoms with Crippen molar-refractivity contribution in [3.63, 3.8) is 0 Å². The topological polar surface area (TPSA) is 41.1 Å². The molecule has 21 heavy (non-hydrogen) atoms. The fourth-order valence-corrected chi connectivity index (χ4v) is 3.09. The lowest BCUT2D eigenvalue weighted by Gasteiger charge is -2.28. The van der Waals surface area contributed by atoms with Crippen molar-refractivity contribution in [3.8, 4) is 0 Å². The molecule has 1 amide bonds. The molecular weight excluding hydrogens is 274 g/mol. The fraction of sp³-hybridized carbons (Fsp3) is 0.562. The molecule has 2 atom stereocenters. The van der Waals surface area contributed by atoms with Crippen LogP contribution in [0.2, 0.25) is 0 Å². The van der Waals surface area contributed by atoms with Crippen molar-refractivity contribution in [3.05, 3.63) is 35.4 Å². The van der Waals surface area contributed by atoms with Crippen LogP contribution in [0.15, 0.2) is 18.2 Å². The van der Waals surface area contributed by atoms with Crippen LogP contribution in [0.5, 0.6) is 0 Å². The normalized spacial score (nSPS) is 23.0. The molecular formula is C16H22F2N2O. The van der Waals surface area contributed by atoms with Gasteiger partial charge in [-0.25, -0.2) is 8.78 Å². The molecule has 116 valence electrons. The van der Waals surface area contributed by atoms with Crippen molar-refractivity contribution in [2.75, 3.05) is 13.1 Å². The molecule has 1 aliphatic heterocycles. The zero-order valence-electron chi connectivity index (χ0n) is 12.5. The molecule has 1 aromatic rings. The molecule has 0 aliphatic carbocycles. The van der Waals surface area contributed by atoms with Gasteiger partial charge in [0.25, 0.3) is 0 Å². The van der Waals surface area contributed by atoms with E-state index in [1.54, 1.807) is 6.92 Å². The number of halogens is 2. The smallest absolute Gasteiger partial charge is 0.228 e. The molecule has 1 heterocycles. The lowest BCUT2D eigenvalue weighted by Crippen LogP contribution is -2.43. The highest BCUT2D eigenvalue weighted by Gasteiger charge is 2.40. The van der Waals surface area contributed by atoms with Gasteiger partial charge in [-0.1, -0.05) is 19.4 Å². The van der Waals surface area contributed by atoms with E-state index >= 15 is 0 Å². The van der Waals surface area contributed by atoms with E-state index in [0.29, 0.717) is 6.54 Å². The van der Waals surface area contributed by atoms with Crippen LogP contribution >= 0.6 is 0 Å². The van der Waals surface area contributed by atoms with Gasteiger partial charge >= 0.3 is 0 Å². The van der Waals surface area contributed by atoms with Crippen LogP contribution in [0.25, 0.3) is 0 Å². The number of benzene rings is 1. The number of hydrogen-bond acceptors (Lipinski definition) is 2. The third-order valence-electron chi connectivity index (χ3n) is 4.23. The summed E-state index contributed by atoms with van der Waals surface area (Å²) in [4.78, 5) is 12.6. The van der Waals surface area contributed by atoms with Crippen molar-refractivity contribution in [1.29, 1.82) is 0 Å². The number of hydrogen-bond donors (Lipinski definition) is 2. The Hall–Kier alpha value is -1.49. The minimum Gasteiger partial charge on any atom is -0.349 e. The number of rotatable bonds is 5. The summed E-state index contributed by atoms with van der Waals surface area (Å²) in [7, 11) is 0. The van der Waals surface area contributed by atoms with E-state index in [1.807, 2.05) is 6.92 Å². The van der Waals surface area contributed by atoms with Gasteiger partial charge in [-0.3, -0.25) is 4.79 Å². The third-order valence-corrected chi connectivity index (χ3v) is 4.23. The summed E-state index contributed by atoms with van der Waals surface area (Å²) in [5.74, 6) is -1.38. The Kier molecular flexibility index (Phi) is 4.93. The quantitative estimate of drug-likeness (QED) is 0.877. The second-order valence-electron chi connectivity index (χ2n) is 5.79. The monoisotopic (exact) mass is 296 g/mol. The highest BCUT2D eigenvalue weighted by molar-refractivity contribution is 5.83. The maximum atomic E-state index is 13.8. The van der Waals surface area contributed by atoms with E-state index in [2.05, 4.69) is 10.6 Å². The lowest BCUT2D eigenvalue weighted by atomic mass is 9.81. The van der Waals surface area contributed by atoms with Gasteiger partial charge in [-0.05, 0) is 38.4 Å². The third kappa shape index (κ3) is 3.23. The second-order valence-corrected chi connectivity index (χ2v) is 5.79. The van der Waals surface area contributed by atoms with E-state index < -0.39 is 23.1 Å². The van der Waals surface area contributed by atoms with Crippen molar-refractivity contribution in [2.45, 2.75) is 39.2 Å². The first-order valence-corrected chi connectivity index (χ1v) is 7.46. The second kappa shape index (κ2) is 6.52. The summed E-state index contributed by atoms with van der Waals surface area (Å²) in [6.45, 7) is 5.07. The SMILES string of the molecule is CCCC1(C(=O)NC(C)c2c(F)cccc2F)CCNC1. The van der Waals surface area contributed by atoms with Crippen molar-refractivity contribution < 1.29 is 13.6 Å².